The lowest BCUT2D eigenvalue weighted by Crippen LogP contribution is -2.08. The summed E-state index contributed by atoms with van der Waals surface area (Å²) in [4.78, 5) is 11.4. The number of rotatable bonds is 2. The summed E-state index contributed by atoms with van der Waals surface area (Å²) in [6.07, 6.45) is 0. The van der Waals surface area contributed by atoms with E-state index in [2.05, 4.69) is 22.6 Å². The van der Waals surface area contributed by atoms with E-state index >= 15 is 0 Å². The number of halogens is 2. The van der Waals surface area contributed by atoms with E-state index in [1.165, 1.54) is 6.07 Å². The number of carbonyl (C=O) groups is 1. The van der Waals surface area contributed by atoms with Gasteiger partial charge in [0.15, 0.2) is 0 Å². The predicted molar refractivity (Wildman–Crippen MR) is 69.5 cm³/mol. The first-order valence-electron chi connectivity index (χ1n) is 3.92. The van der Waals surface area contributed by atoms with Gasteiger partial charge in [0.1, 0.15) is 11.3 Å². The maximum absolute atomic E-state index is 11.4. The molecule has 0 fully saturated rings. The number of ether oxygens (including phenoxy) is 1. The maximum Gasteiger partial charge on any atom is 0.343 e. The predicted octanol–water partition coefficient (Wildman–Crippen LogP) is 2.78. The SMILES string of the molecule is CCOC(=O)c1c(O)ccc(I)c1I. The molecule has 0 atom stereocenters. The third-order valence-electron chi connectivity index (χ3n) is 1.55. The number of esters is 1. The Bertz CT molecular complexity index is 363. The van der Waals surface area contributed by atoms with Crippen LogP contribution in [0, 0.1) is 7.14 Å². The second kappa shape index (κ2) is 5.15. The molecule has 76 valence electrons. The Labute approximate surface area is 109 Å². The van der Waals surface area contributed by atoms with E-state index in [9.17, 15) is 9.90 Å². The van der Waals surface area contributed by atoms with Crippen molar-refractivity contribution in [1.82, 2.24) is 0 Å². The molecule has 1 N–H and O–H groups in total. The quantitative estimate of drug-likeness (QED) is 0.594. The van der Waals surface area contributed by atoms with E-state index in [0.29, 0.717) is 6.61 Å². The van der Waals surface area contributed by atoms with Crippen LogP contribution in [0.25, 0.3) is 0 Å². The van der Waals surface area contributed by atoms with Crippen molar-refractivity contribution < 1.29 is 14.6 Å². The highest BCUT2D eigenvalue weighted by atomic mass is 127. The summed E-state index contributed by atoms with van der Waals surface area (Å²) in [5.74, 6) is -0.513. The van der Waals surface area contributed by atoms with Gasteiger partial charge in [-0.25, -0.2) is 4.79 Å². The number of hydrogen-bond donors (Lipinski definition) is 1. The lowest BCUT2D eigenvalue weighted by Gasteiger charge is -2.07. The second-order valence-corrected chi connectivity index (χ2v) is 4.72. The van der Waals surface area contributed by atoms with Crippen LogP contribution in [0.15, 0.2) is 12.1 Å². The lowest BCUT2D eigenvalue weighted by atomic mass is 10.2. The van der Waals surface area contributed by atoms with Gasteiger partial charge in [0.05, 0.1) is 6.61 Å². The van der Waals surface area contributed by atoms with Crippen molar-refractivity contribution in [1.29, 1.82) is 0 Å². The van der Waals surface area contributed by atoms with E-state index in [-0.39, 0.29) is 11.3 Å². The Kier molecular flexibility index (Phi) is 4.42. The zero-order valence-corrected chi connectivity index (χ0v) is 11.7. The smallest absolute Gasteiger partial charge is 0.343 e. The number of benzene rings is 1. The normalized spacial score (nSPS) is 9.93. The molecule has 0 aliphatic heterocycles. The largest absolute Gasteiger partial charge is 0.507 e. The summed E-state index contributed by atoms with van der Waals surface area (Å²) in [7, 11) is 0. The van der Waals surface area contributed by atoms with Crippen molar-refractivity contribution in [3.8, 4) is 5.75 Å². The van der Waals surface area contributed by atoms with Gasteiger partial charge in [0, 0.05) is 7.14 Å². The van der Waals surface area contributed by atoms with E-state index in [1.807, 2.05) is 22.6 Å². The molecule has 0 aliphatic rings. The Balaban J connectivity index is 3.18. The fourth-order valence-corrected chi connectivity index (χ4v) is 2.06. The zero-order chi connectivity index (χ0) is 10.7. The molecular weight excluding hydrogens is 410 g/mol. The molecule has 0 aromatic heterocycles. The molecule has 1 aromatic rings. The number of hydrogen-bond acceptors (Lipinski definition) is 3. The lowest BCUT2D eigenvalue weighted by molar-refractivity contribution is 0.0521. The van der Waals surface area contributed by atoms with Crippen molar-refractivity contribution in [2.24, 2.45) is 0 Å². The number of phenols is 1. The fourth-order valence-electron chi connectivity index (χ4n) is 0.938. The van der Waals surface area contributed by atoms with Gasteiger partial charge in [-0.2, -0.15) is 0 Å². The molecule has 0 radical (unpaired) electrons. The van der Waals surface area contributed by atoms with Crippen molar-refractivity contribution >= 4 is 51.2 Å². The van der Waals surface area contributed by atoms with Gasteiger partial charge in [0.2, 0.25) is 0 Å². The first kappa shape index (κ1) is 12.0. The standard InChI is InChI=1S/C9H8I2O3/c1-2-14-9(13)7-6(12)4-3-5(10)8(7)11/h3-4,12H,2H2,1H3. The highest BCUT2D eigenvalue weighted by Crippen LogP contribution is 2.27. The van der Waals surface area contributed by atoms with Gasteiger partial charge in [-0.1, -0.05) is 0 Å². The average Bonchev–Trinajstić information content (AvgIpc) is 2.13. The molecule has 0 spiro atoms. The molecule has 0 heterocycles. The molecule has 0 saturated carbocycles. The molecule has 0 amide bonds. The summed E-state index contributed by atoms with van der Waals surface area (Å²) >= 11 is 4.12. The summed E-state index contributed by atoms with van der Waals surface area (Å²) < 4.78 is 6.48. The monoisotopic (exact) mass is 418 g/mol. The van der Waals surface area contributed by atoms with Crippen molar-refractivity contribution in [3.63, 3.8) is 0 Å². The molecule has 0 aliphatic carbocycles. The molecular formula is C9H8I2O3. The summed E-state index contributed by atoms with van der Waals surface area (Å²) in [6.45, 7) is 2.04. The van der Waals surface area contributed by atoms with Crippen LogP contribution in [0.5, 0.6) is 5.75 Å². The van der Waals surface area contributed by atoms with Crippen LogP contribution in [0.4, 0.5) is 0 Å². The average molecular weight is 418 g/mol. The van der Waals surface area contributed by atoms with Crippen molar-refractivity contribution in [2.45, 2.75) is 6.92 Å². The van der Waals surface area contributed by atoms with Gasteiger partial charge >= 0.3 is 5.97 Å². The van der Waals surface area contributed by atoms with Crippen LogP contribution in [0.3, 0.4) is 0 Å². The van der Waals surface area contributed by atoms with Crippen molar-refractivity contribution in [3.05, 3.63) is 24.8 Å². The third-order valence-corrected chi connectivity index (χ3v) is 4.60. The van der Waals surface area contributed by atoms with Gasteiger partial charge in [-0.05, 0) is 64.2 Å². The molecule has 0 unspecified atom stereocenters. The topological polar surface area (TPSA) is 46.5 Å². The molecule has 1 rings (SSSR count). The van der Waals surface area contributed by atoms with Gasteiger partial charge in [-0.3, -0.25) is 0 Å². The minimum absolute atomic E-state index is 0.0340. The first-order chi connectivity index (χ1) is 6.57. The molecule has 5 heteroatoms. The van der Waals surface area contributed by atoms with E-state index < -0.39 is 5.97 Å². The number of phenolic OH excluding ortho intramolecular Hbond substituents is 1. The van der Waals surface area contributed by atoms with Gasteiger partial charge < -0.3 is 9.84 Å². The molecule has 0 bridgehead atoms. The molecule has 0 saturated heterocycles. The highest BCUT2D eigenvalue weighted by Gasteiger charge is 2.17. The Morgan fingerprint density at radius 3 is 2.71 bits per heavy atom. The van der Waals surface area contributed by atoms with Crippen LogP contribution in [0.2, 0.25) is 0 Å². The second-order valence-electron chi connectivity index (χ2n) is 2.48. The molecule has 3 nitrogen and oxygen atoms in total. The Morgan fingerprint density at radius 1 is 1.50 bits per heavy atom. The third kappa shape index (κ3) is 2.50. The van der Waals surface area contributed by atoms with E-state index in [4.69, 9.17) is 4.74 Å². The fraction of sp³-hybridized carbons (Fsp3) is 0.222. The zero-order valence-electron chi connectivity index (χ0n) is 7.38. The van der Waals surface area contributed by atoms with Crippen LogP contribution >= 0.6 is 45.2 Å². The van der Waals surface area contributed by atoms with Crippen LogP contribution in [0.1, 0.15) is 17.3 Å². The maximum atomic E-state index is 11.4. The number of aromatic hydroxyl groups is 1. The minimum atomic E-state index is -0.479. The minimum Gasteiger partial charge on any atom is -0.507 e. The van der Waals surface area contributed by atoms with Crippen molar-refractivity contribution in [2.75, 3.05) is 6.61 Å². The van der Waals surface area contributed by atoms with Gasteiger partial charge in [0.25, 0.3) is 0 Å². The first-order valence-corrected chi connectivity index (χ1v) is 6.07. The van der Waals surface area contributed by atoms with Gasteiger partial charge in [-0.15, -0.1) is 0 Å². The van der Waals surface area contributed by atoms with E-state index in [1.54, 1.807) is 13.0 Å². The summed E-state index contributed by atoms with van der Waals surface area (Å²) in [5, 5.41) is 9.50. The van der Waals surface area contributed by atoms with E-state index in [0.717, 1.165) is 7.14 Å². The number of carbonyl (C=O) groups excluding carboxylic acids is 1. The van der Waals surface area contributed by atoms with Crippen LogP contribution in [-0.2, 0) is 4.74 Å². The molecule has 1 aromatic carbocycles. The Morgan fingerprint density at radius 2 is 2.14 bits per heavy atom. The highest BCUT2D eigenvalue weighted by molar-refractivity contribution is 14.1. The summed E-state index contributed by atoms with van der Waals surface area (Å²) in [6, 6.07) is 3.25. The van der Waals surface area contributed by atoms with Crippen LogP contribution < -0.4 is 0 Å². The van der Waals surface area contributed by atoms with Crippen LogP contribution in [-0.4, -0.2) is 17.7 Å². The molecule has 14 heavy (non-hydrogen) atoms. The Hall–Kier alpha value is -0.0500. The summed E-state index contributed by atoms with van der Waals surface area (Å²) in [5.41, 5.74) is 0.249.